The molecule has 1 unspecified atom stereocenters. The van der Waals surface area contributed by atoms with Crippen molar-refractivity contribution in [3.8, 4) is 5.75 Å². The molecule has 1 amide bonds. The van der Waals surface area contributed by atoms with Crippen LogP contribution >= 0.6 is 12.2 Å². The highest BCUT2D eigenvalue weighted by Crippen LogP contribution is 2.17. The first-order chi connectivity index (χ1) is 14.2. The van der Waals surface area contributed by atoms with Crippen molar-refractivity contribution in [1.82, 2.24) is 10.5 Å². The van der Waals surface area contributed by atoms with Gasteiger partial charge in [0, 0.05) is 11.1 Å². The number of nitrogens with one attached hydrogen (secondary N) is 1. The van der Waals surface area contributed by atoms with Crippen LogP contribution in [-0.2, 0) is 4.84 Å². The van der Waals surface area contributed by atoms with E-state index in [1.807, 2.05) is 29.8 Å². The average Bonchev–Trinajstić information content (AvgIpc) is 2.79. The molecule has 2 aromatic rings. The highest BCUT2D eigenvalue weighted by Gasteiger charge is 2.21. The third-order valence-corrected chi connectivity index (χ3v) is 4.83. The molecule has 6 nitrogen and oxygen atoms in total. The minimum atomic E-state index is -0.192. The Bertz CT molecular complexity index is 840. The quantitative estimate of drug-likeness (QED) is 0.389. The van der Waals surface area contributed by atoms with Crippen molar-refractivity contribution in [3.63, 3.8) is 0 Å². The fourth-order valence-corrected chi connectivity index (χ4v) is 3.11. The van der Waals surface area contributed by atoms with Gasteiger partial charge < -0.3 is 4.74 Å². The molecule has 2 N–H and O–H groups in total. The monoisotopic (exact) mass is 412 g/mol. The van der Waals surface area contributed by atoms with E-state index in [1.165, 1.54) is 5.06 Å². The number of hydrogen-bond donors (Lipinski definition) is 2. The zero-order valence-corrected chi connectivity index (χ0v) is 16.8. The van der Waals surface area contributed by atoms with Gasteiger partial charge in [-0.25, -0.2) is 5.06 Å². The molecule has 0 aromatic heterocycles. The molecule has 0 spiro atoms. The molecule has 0 bridgehead atoms. The summed E-state index contributed by atoms with van der Waals surface area (Å²) in [6.45, 7) is 0.563. The van der Waals surface area contributed by atoms with Crippen molar-refractivity contribution >= 4 is 23.1 Å². The van der Waals surface area contributed by atoms with Crippen molar-refractivity contribution < 1.29 is 19.6 Å². The van der Waals surface area contributed by atoms with Crippen LogP contribution in [0, 0.1) is 0 Å². The van der Waals surface area contributed by atoms with Gasteiger partial charge in [-0.15, -0.1) is 0 Å². The lowest BCUT2D eigenvalue weighted by Gasteiger charge is -2.27. The van der Waals surface area contributed by atoms with Crippen LogP contribution in [0.1, 0.15) is 35.2 Å². The molecule has 2 aromatic carbocycles. The zero-order valence-electron chi connectivity index (χ0n) is 16.0. The third kappa shape index (κ3) is 6.12. The number of carbonyl (C=O) groups is 1. The number of carbonyl (C=O) groups excluding carboxylic acids is 1. The molecule has 0 heterocycles. The Morgan fingerprint density at radius 3 is 2.55 bits per heavy atom. The fourth-order valence-electron chi connectivity index (χ4n) is 2.97. The number of rotatable bonds is 8. The molecule has 0 saturated heterocycles. The van der Waals surface area contributed by atoms with Crippen LogP contribution in [0.25, 0.3) is 0 Å². The number of ether oxygens (including phenoxy) is 1. The molecular weight excluding hydrogens is 388 g/mol. The van der Waals surface area contributed by atoms with Crippen LogP contribution in [0.2, 0.25) is 0 Å². The summed E-state index contributed by atoms with van der Waals surface area (Å²) in [5.74, 6) is 0.446. The molecular formula is C22H24N2O4S. The maximum Gasteiger partial charge on any atom is 0.277 e. The number of amides is 1. The Morgan fingerprint density at radius 2 is 1.90 bits per heavy atom. The van der Waals surface area contributed by atoms with Gasteiger partial charge in [0.25, 0.3) is 5.91 Å². The van der Waals surface area contributed by atoms with Gasteiger partial charge in [-0.1, -0.05) is 42.6 Å². The lowest BCUT2D eigenvalue weighted by molar-refractivity contribution is -0.154. The first-order valence-electron chi connectivity index (χ1n) is 9.55. The van der Waals surface area contributed by atoms with Crippen molar-refractivity contribution in [3.05, 3.63) is 77.9 Å². The molecule has 0 aliphatic heterocycles. The van der Waals surface area contributed by atoms with E-state index in [1.54, 1.807) is 36.4 Å². The highest BCUT2D eigenvalue weighted by atomic mass is 32.1. The Hall–Kier alpha value is -2.74. The van der Waals surface area contributed by atoms with Gasteiger partial charge in [0.2, 0.25) is 0 Å². The summed E-state index contributed by atoms with van der Waals surface area (Å²) < 4.78 is 5.76. The second-order valence-electron chi connectivity index (χ2n) is 6.59. The molecule has 0 saturated carbocycles. The van der Waals surface area contributed by atoms with Gasteiger partial charge in [-0.2, -0.15) is 0 Å². The van der Waals surface area contributed by atoms with E-state index in [0.29, 0.717) is 16.9 Å². The van der Waals surface area contributed by atoms with Crippen LogP contribution in [0.15, 0.2) is 66.7 Å². The van der Waals surface area contributed by atoms with E-state index in [4.69, 9.17) is 27.0 Å². The van der Waals surface area contributed by atoms with Crippen LogP contribution < -0.4 is 10.2 Å². The summed E-state index contributed by atoms with van der Waals surface area (Å²) in [7, 11) is 0. The van der Waals surface area contributed by atoms with E-state index >= 15 is 0 Å². The maximum absolute atomic E-state index is 12.9. The molecule has 1 atom stereocenters. The molecule has 1 aliphatic carbocycles. The summed E-state index contributed by atoms with van der Waals surface area (Å²) in [4.78, 5) is 19.1. The van der Waals surface area contributed by atoms with Crippen LogP contribution in [0.3, 0.4) is 0 Å². The summed E-state index contributed by atoms with van der Waals surface area (Å²) in [5.41, 5.74) is 3.20. The maximum atomic E-state index is 12.9. The number of nitrogens with zero attached hydrogens (tertiary/aromatic N) is 1. The second kappa shape index (κ2) is 10.7. The Kier molecular flexibility index (Phi) is 7.75. The predicted octanol–water partition coefficient (Wildman–Crippen LogP) is 3.90. The first kappa shape index (κ1) is 21.0. The number of allylic oxidation sites excluding steroid dienone is 1. The molecule has 29 heavy (non-hydrogen) atoms. The van der Waals surface area contributed by atoms with E-state index in [9.17, 15) is 4.79 Å². The van der Waals surface area contributed by atoms with Gasteiger partial charge in [0.15, 0.2) is 0 Å². The fraction of sp³-hybridized carbons (Fsp3) is 0.273. The summed E-state index contributed by atoms with van der Waals surface area (Å²) in [6, 6.07) is 16.1. The number of thiocarbonyl (C=S) groups is 1. The number of hydrogen-bond acceptors (Lipinski definition) is 5. The van der Waals surface area contributed by atoms with Crippen LogP contribution in [0.5, 0.6) is 5.75 Å². The lowest BCUT2D eigenvalue weighted by atomic mass is 10.1. The zero-order chi connectivity index (χ0) is 20.5. The third-order valence-electron chi connectivity index (χ3n) is 4.50. The Morgan fingerprint density at radius 1 is 1.14 bits per heavy atom. The van der Waals surface area contributed by atoms with Gasteiger partial charge >= 0.3 is 0 Å². The van der Waals surface area contributed by atoms with Crippen molar-refractivity contribution in [1.29, 1.82) is 0 Å². The van der Waals surface area contributed by atoms with E-state index in [-0.39, 0.29) is 30.2 Å². The predicted molar refractivity (Wildman–Crippen MR) is 114 cm³/mol. The summed E-state index contributed by atoms with van der Waals surface area (Å²) in [6.07, 6.45) is 6.96. The van der Waals surface area contributed by atoms with Crippen molar-refractivity contribution in [2.24, 2.45) is 0 Å². The molecule has 7 heteroatoms. The van der Waals surface area contributed by atoms with Gasteiger partial charge in [-0.05, 0) is 55.7 Å². The van der Waals surface area contributed by atoms with E-state index in [0.717, 1.165) is 19.3 Å². The average molecular weight is 413 g/mol. The topological polar surface area (TPSA) is 71.0 Å². The standard InChI is InChI=1S/C22H24N2O4S/c25-22(18-7-3-1-4-8-18)24(28-20-9-5-2-6-10-20)15-16-27-19-13-11-17(12-14-19)21(29)23-26/h1,3-5,7-9,11-14,20,26H,2,6,10,15-16H2,(H,23,29). The summed E-state index contributed by atoms with van der Waals surface area (Å²) >= 11 is 4.97. The van der Waals surface area contributed by atoms with Crippen LogP contribution in [0.4, 0.5) is 0 Å². The molecule has 1 aliphatic rings. The minimum absolute atomic E-state index is 0.109. The molecule has 152 valence electrons. The second-order valence-corrected chi connectivity index (χ2v) is 7.00. The Balaban J connectivity index is 1.61. The number of benzene rings is 2. The molecule has 3 rings (SSSR count). The van der Waals surface area contributed by atoms with Crippen molar-refractivity contribution in [2.75, 3.05) is 13.2 Å². The smallest absolute Gasteiger partial charge is 0.277 e. The van der Waals surface area contributed by atoms with Gasteiger partial charge in [0.1, 0.15) is 23.4 Å². The molecule has 0 fully saturated rings. The van der Waals surface area contributed by atoms with Crippen LogP contribution in [-0.4, -0.2) is 40.4 Å². The van der Waals surface area contributed by atoms with E-state index in [2.05, 4.69) is 6.08 Å². The lowest BCUT2D eigenvalue weighted by Crippen LogP contribution is -2.38. The largest absolute Gasteiger partial charge is 0.492 e. The SMILES string of the molecule is O=C(c1ccccc1)N(CCOc1ccc(C(=S)NO)cc1)OC1C=CCCC1. The van der Waals surface area contributed by atoms with Gasteiger partial charge in [-0.3, -0.25) is 20.3 Å². The molecule has 0 radical (unpaired) electrons. The normalized spacial score (nSPS) is 15.6. The summed E-state index contributed by atoms with van der Waals surface area (Å²) in [5, 5.41) is 10.2. The number of hydroxylamine groups is 3. The Labute approximate surface area is 175 Å². The highest BCUT2D eigenvalue weighted by molar-refractivity contribution is 7.80. The first-order valence-corrected chi connectivity index (χ1v) is 9.96. The van der Waals surface area contributed by atoms with Gasteiger partial charge in [0.05, 0.1) is 6.54 Å². The van der Waals surface area contributed by atoms with Crippen molar-refractivity contribution in [2.45, 2.75) is 25.4 Å². The minimum Gasteiger partial charge on any atom is -0.492 e. The van der Waals surface area contributed by atoms with E-state index < -0.39 is 0 Å².